The molecule has 15 heavy (non-hydrogen) atoms. The summed E-state index contributed by atoms with van der Waals surface area (Å²) in [5.41, 5.74) is 0. The predicted molar refractivity (Wildman–Crippen MR) is 65.3 cm³/mol. The van der Waals surface area contributed by atoms with Gasteiger partial charge in [-0.3, -0.25) is 0 Å². The van der Waals surface area contributed by atoms with Gasteiger partial charge in [0.15, 0.2) is 5.96 Å². The number of thiophene rings is 1. The second-order valence-electron chi connectivity index (χ2n) is 3.69. The number of guanidine groups is 1. The Morgan fingerprint density at radius 1 is 1.60 bits per heavy atom. The maximum Gasteiger partial charge on any atom is 0.191 e. The van der Waals surface area contributed by atoms with Crippen molar-refractivity contribution in [1.82, 2.24) is 10.6 Å². The van der Waals surface area contributed by atoms with Crippen LogP contribution in [0, 0.1) is 0 Å². The summed E-state index contributed by atoms with van der Waals surface area (Å²) >= 11 is 1.75. The van der Waals surface area contributed by atoms with Gasteiger partial charge in [0.05, 0.1) is 6.54 Å². The third kappa shape index (κ3) is 3.55. The molecule has 4 heteroatoms. The molecule has 3 nitrogen and oxygen atoms in total. The SMILES string of the molecule is CCNC(=NCc1cccs1)NC1CC1. The van der Waals surface area contributed by atoms with Crippen LogP contribution in [0.3, 0.4) is 0 Å². The zero-order chi connectivity index (χ0) is 10.5. The predicted octanol–water partition coefficient (Wildman–Crippen LogP) is 1.97. The van der Waals surface area contributed by atoms with Crippen LogP contribution in [-0.2, 0) is 6.54 Å². The molecule has 0 amide bonds. The van der Waals surface area contributed by atoms with E-state index in [0.29, 0.717) is 6.04 Å². The Labute approximate surface area is 94.6 Å². The highest BCUT2D eigenvalue weighted by molar-refractivity contribution is 7.09. The van der Waals surface area contributed by atoms with Crippen LogP contribution in [0.25, 0.3) is 0 Å². The molecule has 0 bridgehead atoms. The number of hydrogen-bond acceptors (Lipinski definition) is 2. The first kappa shape index (κ1) is 10.5. The van der Waals surface area contributed by atoms with E-state index in [2.05, 4.69) is 40.1 Å². The van der Waals surface area contributed by atoms with Gasteiger partial charge >= 0.3 is 0 Å². The van der Waals surface area contributed by atoms with Crippen LogP contribution in [0.15, 0.2) is 22.5 Å². The van der Waals surface area contributed by atoms with Gasteiger partial charge in [-0.1, -0.05) is 6.07 Å². The lowest BCUT2D eigenvalue weighted by molar-refractivity contribution is 0.813. The van der Waals surface area contributed by atoms with Crippen LogP contribution in [-0.4, -0.2) is 18.5 Å². The molecule has 0 aromatic carbocycles. The number of nitrogens with zero attached hydrogens (tertiary/aromatic N) is 1. The standard InChI is InChI=1S/C11H17N3S/c1-2-12-11(14-9-5-6-9)13-8-10-4-3-7-15-10/h3-4,7,9H,2,5-6,8H2,1H3,(H2,12,13,14). The van der Waals surface area contributed by atoms with Crippen molar-refractivity contribution >= 4 is 17.3 Å². The molecular weight excluding hydrogens is 206 g/mol. The van der Waals surface area contributed by atoms with Crippen molar-refractivity contribution in [3.63, 3.8) is 0 Å². The summed E-state index contributed by atoms with van der Waals surface area (Å²) < 4.78 is 0. The number of hydrogen-bond donors (Lipinski definition) is 2. The molecule has 1 aliphatic carbocycles. The van der Waals surface area contributed by atoms with E-state index in [1.807, 2.05) is 0 Å². The number of aliphatic imine (C=N–C) groups is 1. The molecule has 1 fully saturated rings. The summed E-state index contributed by atoms with van der Waals surface area (Å²) in [7, 11) is 0. The van der Waals surface area contributed by atoms with E-state index in [0.717, 1.165) is 19.0 Å². The molecule has 1 heterocycles. The maximum absolute atomic E-state index is 4.54. The quantitative estimate of drug-likeness (QED) is 0.605. The summed E-state index contributed by atoms with van der Waals surface area (Å²) in [4.78, 5) is 5.85. The molecule has 0 atom stereocenters. The highest BCUT2D eigenvalue weighted by Crippen LogP contribution is 2.18. The third-order valence-electron chi connectivity index (χ3n) is 2.24. The Kier molecular flexibility index (Phi) is 3.61. The molecule has 0 spiro atoms. The molecule has 1 aromatic rings. The van der Waals surface area contributed by atoms with Gasteiger partial charge < -0.3 is 10.6 Å². The Morgan fingerprint density at radius 2 is 2.47 bits per heavy atom. The van der Waals surface area contributed by atoms with E-state index in [1.54, 1.807) is 11.3 Å². The van der Waals surface area contributed by atoms with Crippen molar-refractivity contribution < 1.29 is 0 Å². The minimum absolute atomic E-state index is 0.658. The molecule has 82 valence electrons. The van der Waals surface area contributed by atoms with E-state index >= 15 is 0 Å². The van der Waals surface area contributed by atoms with Gasteiger partial charge in [0.2, 0.25) is 0 Å². The maximum atomic E-state index is 4.54. The van der Waals surface area contributed by atoms with Crippen molar-refractivity contribution in [2.45, 2.75) is 32.4 Å². The lowest BCUT2D eigenvalue weighted by Crippen LogP contribution is -2.38. The molecule has 1 aromatic heterocycles. The van der Waals surface area contributed by atoms with Gasteiger partial charge in [-0.15, -0.1) is 11.3 Å². The summed E-state index contributed by atoms with van der Waals surface area (Å²) in [6.45, 7) is 3.79. The van der Waals surface area contributed by atoms with Crippen molar-refractivity contribution in [2.24, 2.45) is 4.99 Å². The van der Waals surface area contributed by atoms with Crippen molar-refractivity contribution in [1.29, 1.82) is 0 Å². The van der Waals surface area contributed by atoms with Gasteiger partial charge in [0, 0.05) is 17.5 Å². The highest BCUT2D eigenvalue weighted by atomic mass is 32.1. The van der Waals surface area contributed by atoms with E-state index in [9.17, 15) is 0 Å². The Balaban J connectivity index is 1.87. The van der Waals surface area contributed by atoms with Crippen LogP contribution in [0.1, 0.15) is 24.6 Å². The minimum atomic E-state index is 0.658. The van der Waals surface area contributed by atoms with E-state index < -0.39 is 0 Å². The second-order valence-corrected chi connectivity index (χ2v) is 4.73. The smallest absolute Gasteiger partial charge is 0.191 e. The van der Waals surface area contributed by atoms with Crippen LogP contribution in [0.2, 0.25) is 0 Å². The summed E-state index contributed by atoms with van der Waals surface area (Å²) in [5.74, 6) is 0.952. The third-order valence-corrected chi connectivity index (χ3v) is 3.10. The fourth-order valence-electron chi connectivity index (χ4n) is 1.30. The average Bonchev–Trinajstić information content (AvgIpc) is 2.90. The molecule has 1 aliphatic rings. The molecule has 0 aliphatic heterocycles. The van der Waals surface area contributed by atoms with Crippen molar-refractivity contribution in [3.8, 4) is 0 Å². The first-order valence-corrected chi connectivity index (χ1v) is 6.33. The van der Waals surface area contributed by atoms with Gasteiger partial charge in [-0.2, -0.15) is 0 Å². The van der Waals surface area contributed by atoms with E-state index in [4.69, 9.17) is 0 Å². The zero-order valence-corrected chi connectivity index (χ0v) is 9.81. The lowest BCUT2D eigenvalue weighted by atomic mass is 10.5. The van der Waals surface area contributed by atoms with Gasteiger partial charge in [0.1, 0.15) is 0 Å². The second kappa shape index (κ2) is 5.16. The number of nitrogens with one attached hydrogen (secondary N) is 2. The van der Waals surface area contributed by atoms with Crippen LogP contribution in [0.4, 0.5) is 0 Å². The molecule has 2 N–H and O–H groups in total. The van der Waals surface area contributed by atoms with Crippen molar-refractivity contribution in [3.05, 3.63) is 22.4 Å². The first-order chi connectivity index (χ1) is 7.38. The minimum Gasteiger partial charge on any atom is -0.357 e. The van der Waals surface area contributed by atoms with Gasteiger partial charge in [-0.25, -0.2) is 4.99 Å². The summed E-state index contributed by atoms with van der Waals surface area (Å²) in [6, 6.07) is 4.84. The lowest BCUT2D eigenvalue weighted by Gasteiger charge is -2.09. The van der Waals surface area contributed by atoms with Crippen LogP contribution >= 0.6 is 11.3 Å². The van der Waals surface area contributed by atoms with Crippen LogP contribution in [0.5, 0.6) is 0 Å². The Morgan fingerprint density at radius 3 is 3.07 bits per heavy atom. The fraction of sp³-hybridized carbons (Fsp3) is 0.545. The molecule has 1 saturated carbocycles. The fourth-order valence-corrected chi connectivity index (χ4v) is 1.93. The molecular formula is C11H17N3S. The Bertz CT molecular complexity index is 315. The molecule has 0 unspecified atom stereocenters. The van der Waals surface area contributed by atoms with Crippen LogP contribution < -0.4 is 10.6 Å². The first-order valence-electron chi connectivity index (χ1n) is 5.45. The van der Waals surface area contributed by atoms with Crippen molar-refractivity contribution in [2.75, 3.05) is 6.54 Å². The normalized spacial score (nSPS) is 16.5. The topological polar surface area (TPSA) is 36.4 Å². The molecule has 0 saturated heterocycles. The summed E-state index contributed by atoms with van der Waals surface area (Å²) in [5, 5.41) is 8.75. The highest BCUT2D eigenvalue weighted by Gasteiger charge is 2.21. The molecule has 2 rings (SSSR count). The molecule has 0 radical (unpaired) electrons. The monoisotopic (exact) mass is 223 g/mol. The van der Waals surface area contributed by atoms with E-state index in [1.165, 1.54) is 17.7 Å². The average molecular weight is 223 g/mol. The number of rotatable bonds is 4. The van der Waals surface area contributed by atoms with Gasteiger partial charge in [0.25, 0.3) is 0 Å². The Hall–Kier alpha value is -1.03. The largest absolute Gasteiger partial charge is 0.357 e. The zero-order valence-electron chi connectivity index (χ0n) is 8.99. The van der Waals surface area contributed by atoms with Gasteiger partial charge in [-0.05, 0) is 31.2 Å². The van der Waals surface area contributed by atoms with E-state index in [-0.39, 0.29) is 0 Å². The summed E-state index contributed by atoms with van der Waals surface area (Å²) in [6.07, 6.45) is 2.56.